The van der Waals surface area contributed by atoms with E-state index in [2.05, 4.69) is 0 Å². The average Bonchev–Trinajstić information content (AvgIpc) is 2.52. The van der Waals surface area contributed by atoms with Gasteiger partial charge in [-0.05, 0) is 29.7 Å². The SMILES string of the molecule is CC(C)C([PH](=O)CSc1cccc2ccccc12)C(C)(O)C(=O)O. The van der Waals surface area contributed by atoms with Crippen LogP contribution in [0.15, 0.2) is 47.4 Å². The quantitative estimate of drug-likeness (QED) is 0.564. The zero-order chi connectivity index (χ0) is 17.9. The van der Waals surface area contributed by atoms with Crippen molar-refractivity contribution in [1.82, 2.24) is 0 Å². The molecule has 3 unspecified atom stereocenters. The highest BCUT2D eigenvalue weighted by Gasteiger charge is 2.44. The Morgan fingerprint density at radius 2 is 1.83 bits per heavy atom. The fourth-order valence-electron chi connectivity index (χ4n) is 3.03. The minimum absolute atomic E-state index is 0.185. The van der Waals surface area contributed by atoms with Gasteiger partial charge in [-0.2, -0.15) is 0 Å². The predicted octanol–water partition coefficient (Wildman–Crippen LogP) is 4.31. The lowest BCUT2D eigenvalue weighted by Crippen LogP contribution is -2.47. The van der Waals surface area contributed by atoms with Crippen LogP contribution in [0, 0.1) is 5.92 Å². The van der Waals surface area contributed by atoms with Crippen LogP contribution in [0.3, 0.4) is 0 Å². The summed E-state index contributed by atoms with van der Waals surface area (Å²) in [7, 11) is -2.31. The highest BCUT2D eigenvalue weighted by molar-refractivity contribution is 8.04. The first kappa shape index (κ1) is 19.0. The fraction of sp³-hybridized carbons (Fsp3) is 0.389. The molecule has 0 amide bonds. The van der Waals surface area contributed by atoms with Crippen LogP contribution in [-0.2, 0) is 9.36 Å². The average molecular weight is 366 g/mol. The molecule has 0 spiro atoms. The van der Waals surface area contributed by atoms with E-state index in [4.69, 9.17) is 0 Å². The number of carboxylic acid groups (broad SMARTS) is 1. The number of rotatable bonds is 7. The second kappa shape index (κ2) is 7.73. The molecule has 0 bridgehead atoms. The van der Waals surface area contributed by atoms with Crippen molar-refractivity contribution in [2.75, 3.05) is 5.49 Å². The first-order valence-electron chi connectivity index (χ1n) is 7.84. The highest BCUT2D eigenvalue weighted by Crippen LogP contribution is 2.45. The number of aliphatic hydroxyl groups is 1. The summed E-state index contributed by atoms with van der Waals surface area (Å²) in [5.41, 5.74) is -2.43. The van der Waals surface area contributed by atoms with Gasteiger partial charge in [0.25, 0.3) is 0 Å². The van der Waals surface area contributed by atoms with Crippen molar-refractivity contribution in [3.05, 3.63) is 42.5 Å². The minimum Gasteiger partial charge on any atom is -0.479 e. The van der Waals surface area contributed by atoms with E-state index in [1.807, 2.05) is 42.5 Å². The van der Waals surface area contributed by atoms with Gasteiger partial charge in [0.1, 0.15) is 0 Å². The van der Waals surface area contributed by atoms with Gasteiger partial charge in [-0.1, -0.05) is 50.2 Å². The summed E-state index contributed by atoms with van der Waals surface area (Å²) >= 11 is 1.46. The second-order valence-electron chi connectivity index (χ2n) is 6.41. The van der Waals surface area contributed by atoms with Crippen LogP contribution in [-0.4, -0.2) is 32.9 Å². The Labute approximate surface area is 147 Å². The van der Waals surface area contributed by atoms with Crippen molar-refractivity contribution < 1.29 is 19.6 Å². The molecule has 2 N–H and O–H groups in total. The topological polar surface area (TPSA) is 74.6 Å². The number of hydrogen-bond donors (Lipinski definition) is 2. The van der Waals surface area contributed by atoms with E-state index in [0.717, 1.165) is 15.7 Å². The number of benzene rings is 2. The number of thioether (sulfide) groups is 1. The first-order valence-corrected chi connectivity index (χ1v) is 10.5. The Hall–Kier alpha value is -1.29. The molecule has 0 saturated heterocycles. The lowest BCUT2D eigenvalue weighted by atomic mass is 9.94. The van der Waals surface area contributed by atoms with Gasteiger partial charge in [-0.25, -0.2) is 4.79 Å². The summed E-state index contributed by atoms with van der Waals surface area (Å²) in [6.07, 6.45) is 0. The Morgan fingerprint density at radius 3 is 2.46 bits per heavy atom. The molecule has 0 saturated carbocycles. The standard InChI is InChI=1S/C18H23O4PS/c1-12(2)16(18(3,21)17(19)20)23(22)11-24-15-10-6-8-13-7-4-5-9-14(13)15/h4-10,12,16,21,23H,11H2,1-3H3,(H,19,20). The molecule has 2 rings (SSSR count). The predicted molar refractivity (Wildman–Crippen MR) is 101 cm³/mol. The first-order chi connectivity index (χ1) is 11.2. The van der Waals surface area contributed by atoms with Crippen LogP contribution in [0.4, 0.5) is 0 Å². The second-order valence-corrected chi connectivity index (χ2v) is 9.84. The lowest BCUT2D eigenvalue weighted by molar-refractivity contribution is -0.157. The van der Waals surface area contributed by atoms with E-state index in [1.165, 1.54) is 18.7 Å². The Kier molecular flexibility index (Phi) is 6.13. The molecule has 4 nitrogen and oxygen atoms in total. The van der Waals surface area contributed by atoms with Crippen molar-refractivity contribution in [1.29, 1.82) is 0 Å². The zero-order valence-corrected chi connectivity index (χ0v) is 15.8. The number of carboxylic acids is 1. The molecule has 0 aliphatic rings. The molecule has 24 heavy (non-hydrogen) atoms. The van der Waals surface area contributed by atoms with Crippen molar-refractivity contribution >= 4 is 36.3 Å². The summed E-state index contributed by atoms with van der Waals surface area (Å²) in [6, 6.07) is 13.9. The van der Waals surface area contributed by atoms with E-state index < -0.39 is 25.0 Å². The van der Waals surface area contributed by atoms with Gasteiger partial charge in [0.15, 0.2) is 5.60 Å². The van der Waals surface area contributed by atoms with Gasteiger partial charge in [-0.15, -0.1) is 11.8 Å². The van der Waals surface area contributed by atoms with E-state index in [9.17, 15) is 19.6 Å². The molecule has 2 aromatic rings. The Bertz CT molecular complexity index is 752. The third-order valence-electron chi connectivity index (χ3n) is 4.17. The van der Waals surface area contributed by atoms with Crippen LogP contribution in [0.5, 0.6) is 0 Å². The summed E-state index contributed by atoms with van der Waals surface area (Å²) in [6.45, 7) is 4.84. The van der Waals surface area contributed by atoms with Crippen LogP contribution < -0.4 is 0 Å². The van der Waals surface area contributed by atoms with Crippen molar-refractivity contribution in [3.63, 3.8) is 0 Å². The Balaban J connectivity index is 2.20. The molecule has 0 heterocycles. The van der Waals surface area contributed by atoms with Gasteiger partial charge >= 0.3 is 5.97 Å². The maximum atomic E-state index is 12.8. The molecule has 130 valence electrons. The van der Waals surface area contributed by atoms with E-state index >= 15 is 0 Å². The van der Waals surface area contributed by atoms with E-state index in [-0.39, 0.29) is 5.92 Å². The summed E-state index contributed by atoms with van der Waals surface area (Å²) in [4.78, 5) is 12.4. The summed E-state index contributed by atoms with van der Waals surface area (Å²) in [5.74, 6) is -1.51. The maximum absolute atomic E-state index is 12.8. The number of fused-ring (bicyclic) bond motifs is 1. The highest BCUT2D eigenvalue weighted by atomic mass is 32.2. The summed E-state index contributed by atoms with van der Waals surface area (Å²) in [5, 5.41) is 21.7. The van der Waals surface area contributed by atoms with Gasteiger partial charge in [0, 0.05) is 10.4 Å². The maximum Gasteiger partial charge on any atom is 0.336 e. The molecule has 0 fully saturated rings. The number of carbonyl (C=O) groups is 1. The molecule has 0 aliphatic carbocycles. The largest absolute Gasteiger partial charge is 0.479 e. The van der Waals surface area contributed by atoms with Crippen LogP contribution in [0.2, 0.25) is 0 Å². The number of hydrogen-bond acceptors (Lipinski definition) is 4. The van der Waals surface area contributed by atoms with Crippen LogP contribution in [0.1, 0.15) is 20.8 Å². The fourth-order valence-corrected chi connectivity index (χ4v) is 6.95. The van der Waals surface area contributed by atoms with Gasteiger partial charge in [0.05, 0.1) is 13.5 Å². The molecule has 2 aromatic carbocycles. The van der Waals surface area contributed by atoms with Crippen LogP contribution >= 0.6 is 19.6 Å². The van der Waals surface area contributed by atoms with Crippen molar-refractivity contribution in [3.8, 4) is 0 Å². The molecule has 6 heteroatoms. The zero-order valence-electron chi connectivity index (χ0n) is 14.0. The molecular weight excluding hydrogens is 343 g/mol. The van der Waals surface area contributed by atoms with Gasteiger partial charge < -0.3 is 14.8 Å². The lowest BCUT2D eigenvalue weighted by Gasteiger charge is -2.31. The normalized spacial score (nSPS) is 16.7. The minimum atomic E-state index is -2.31. The van der Waals surface area contributed by atoms with Crippen molar-refractivity contribution in [2.45, 2.75) is 36.9 Å². The van der Waals surface area contributed by atoms with E-state index in [1.54, 1.807) is 13.8 Å². The molecule has 0 aliphatic heterocycles. The molecule has 3 atom stereocenters. The molecular formula is C18H23O4PS. The molecule has 0 radical (unpaired) electrons. The number of aliphatic carboxylic acids is 1. The summed E-state index contributed by atoms with van der Waals surface area (Å²) < 4.78 is 12.8. The molecule has 0 aromatic heterocycles. The van der Waals surface area contributed by atoms with Gasteiger partial charge in [-0.3, -0.25) is 0 Å². The third kappa shape index (κ3) is 4.02. The smallest absolute Gasteiger partial charge is 0.336 e. The monoisotopic (exact) mass is 366 g/mol. The van der Waals surface area contributed by atoms with Gasteiger partial charge in [0.2, 0.25) is 0 Å². The van der Waals surface area contributed by atoms with E-state index in [0.29, 0.717) is 5.49 Å². The van der Waals surface area contributed by atoms with Crippen molar-refractivity contribution in [2.24, 2.45) is 5.92 Å². The third-order valence-corrected chi connectivity index (χ3v) is 8.48. The van der Waals surface area contributed by atoms with Crippen LogP contribution in [0.25, 0.3) is 10.8 Å². The Morgan fingerprint density at radius 1 is 1.21 bits per heavy atom.